The van der Waals surface area contributed by atoms with Gasteiger partial charge < -0.3 is 15.1 Å². The molecule has 1 unspecified atom stereocenters. The number of anilines is 1. The summed E-state index contributed by atoms with van der Waals surface area (Å²) in [6.45, 7) is 4.06. The zero-order chi connectivity index (χ0) is 15.5. The zero-order valence-corrected chi connectivity index (χ0v) is 13.6. The first-order valence-electron chi connectivity index (χ1n) is 7.46. The van der Waals surface area contributed by atoms with E-state index in [2.05, 4.69) is 27.8 Å². The van der Waals surface area contributed by atoms with E-state index in [0.717, 1.165) is 25.9 Å². The summed E-state index contributed by atoms with van der Waals surface area (Å²) in [5.74, 6) is -0.297. The molecule has 1 aliphatic heterocycles. The minimum Gasteiger partial charge on any atom is -0.388 e. The van der Waals surface area contributed by atoms with Crippen LogP contribution in [0.1, 0.15) is 19.8 Å². The van der Waals surface area contributed by atoms with Gasteiger partial charge in [0.25, 0.3) is 0 Å². The van der Waals surface area contributed by atoms with Crippen LogP contribution in [-0.2, 0) is 0 Å². The van der Waals surface area contributed by atoms with Gasteiger partial charge in [0.1, 0.15) is 5.82 Å². The molecule has 2 aromatic rings. The lowest BCUT2D eigenvalue weighted by Crippen LogP contribution is -2.36. The Bertz CT molecular complexity index is 697. The smallest absolute Gasteiger partial charge is 0.388 e. The van der Waals surface area contributed by atoms with Gasteiger partial charge >= 0.3 is 5.76 Å². The molecule has 6 nitrogen and oxygen atoms in total. The van der Waals surface area contributed by atoms with Crippen molar-refractivity contribution in [2.45, 2.75) is 25.8 Å². The average molecular weight is 343 g/mol. The van der Waals surface area contributed by atoms with E-state index in [-0.39, 0.29) is 30.2 Å². The molecule has 1 atom stereocenters. The predicted octanol–water partition coefficient (Wildman–Crippen LogP) is 2.39. The van der Waals surface area contributed by atoms with Crippen LogP contribution in [0.3, 0.4) is 0 Å². The van der Waals surface area contributed by atoms with Crippen LogP contribution in [0, 0.1) is 11.7 Å². The molecule has 3 N–H and O–H groups in total. The highest BCUT2D eigenvalue weighted by atomic mass is 35.5. The molecule has 1 fully saturated rings. The molecule has 0 radical (unpaired) electrons. The van der Waals surface area contributed by atoms with E-state index in [4.69, 9.17) is 4.42 Å². The topological polar surface area (TPSA) is 83.0 Å². The molecule has 1 aromatic heterocycles. The fraction of sp³-hybridized carbons (Fsp3) is 0.467. The van der Waals surface area contributed by atoms with Gasteiger partial charge in [-0.2, -0.15) is 0 Å². The normalized spacial score (nSPS) is 16.6. The minimum atomic E-state index is -0.628. The summed E-state index contributed by atoms with van der Waals surface area (Å²) in [7, 11) is 0. The van der Waals surface area contributed by atoms with Crippen molar-refractivity contribution in [3.63, 3.8) is 0 Å². The van der Waals surface area contributed by atoms with E-state index in [9.17, 15) is 9.18 Å². The summed E-state index contributed by atoms with van der Waals surface area (Å²) in [6, 6.07) is 4.67. The Morgan fingerprint density at radius 2 is 2.13 bits per heavy atom. The molecule has 0 aliphatic carbocycles. The Balaban J connectivity index is 0.00000192. The Labute approximate surface area is 139 Å². The van der Waals surface area contributed by atoms with Crippen LogP contribution in [-0.4, -0.2) is 29.3 Å². The molecule has 0 saturated carbocycles. The van der Waals surface area contributed by atoms with E-state index in [1.807, 2.05) is 0 Å². The number of hydrogen-bond acceptors (Lipinski definition) is 5. The third kappa shape index (κ3) is 4.11. The third-order valence-electron chi connectivity index (χ3n) is 4.13. The molecule has 1 aliphatic rings. The van der Waals surface area contributed by atoms with Crippen LogP contribution < -0.4 is 16.4 Å². The van der Waals surface area contributed by atoms with Crippen molar-refractivity contribution in [2.75, 3.05) is 18.4 Å². The van der Waals surface area contributed by atoms with Crippen molar-refractivity contribution in [1.29, 1.82) is 0 Å². The number of halogens is 2. The number of benzene rings is 1. The molecule has 1 aromatic carbocycles. The van der Waals surface area contributed by atoms with E-state index < -0.39 is 5.76 Å². The quantitative estimate of drug-likeness (QED) is 0.794. The van der Waals surface area contributed by atoms with E-state index in [0.29, 0.717) is 17.2 Å². The van der Waals surface area contributed by atoms with Gasteiger partial charge in [0.05, 0.1) is 5.69 Å². The predicted molar refractivity (Wildman–Crippen MR) is 88.4 cm³/mol. The standard InChI is InChI=1S/C15H19FN4O2.ClH/c1-9(10-4-6-17-7-5-10)18-13-8-11(2-3-12(13)16)14-19-20-15(21)22-14;/h2-3,8-10,17-18H,4-7H2,1H3,(H,20,21);1H. The van der Waals surface area contributed by atoms with Crippen molar-refractivity contribution in [3.8, 4) is 11.5 Å². The second-order valence-electron chi connectivity index (χ2n) is 5.63. The first-order chi connectivity index (χ1) is 10.6. The maximum Gasteiger partial charge on any atom is 0.434 e. The Morgan fingerprint density at radius 1 is 1.39 bits per heavy atom. The molecule has 0 bridgehead atoms. The number of rotatable bonds is 4. The highest BCUT2D eigenvalue weighted by Gasteiger charge is 2.21. The second-order valence-corrected chi connectivity index (χ2v) is 5.63. The largest absolute Gasteiger partial charge is 0.434 e. The summed E-state index contributed by atoms with van der Waals surface area (Å²) < 4.78 is 18.9. The average Bonchev–Trinajstić information content (AvgIpc) is 2.97. The highest BCUT2D eigenvalue weighted by Crippen LogP contribution is 2.26. The SMILES string of the molecule is CC(Nc1cc(-c2n[nH]c(=O)o2)ccc1F)C1CCNCC1.Cl. The summed E-state index contributed by atoms with van der Waals surface area (Å²) in [5.41, 5.74) is 0.953. The van der Waals surface area contributed by atoms with Crippen LogP contribution in [0.15, 0.2) is 27.4 Å². The number of hydrogen-bond donors (Lipinski definition) is 3. The van der Waals surface area contributed by atoms with Gasteiger partial charge in [-0.05, 0) is 57.0 Å². The Kier molecular flexibility index (Phi) is 5.79. The molecule has 0 amide bonds. The fourth-order valence-electron chi connectivity index (χ4n) is 2.83. The van der Waals surface area contributed by atoms with Crippen molar-refractivity contribution < 1.29 is 8.81 Å². The van der Waals surface area contributed by atoms with E-state index in [1.165, 1.54) is 12.1 Å². The van der Waals surface area contributed by atoms with Crippen LogP contribution in [0.4, 0.5) is 10.1 Å². The van der Waals surface area contributed by atoms with E-state index >= 15 is 0 Å². The molecular formula is C15H20ClFN4O2. The first kappa shape index (κ1) is 17.5. The molecule has 3 rings (SSSR count). The monoisotopic (exact) mass is 342 g/mol. The van der Waals surface area contributed by atoms with Crippen LogP contribution in [0.5, 0.6) is 0 Å². The van der Waals surface area contributed by atoms with Gasteiger partial charge in [0.2, 0.25) is 5.89 Å². The Hall–Kier alpha value is -1.86. The molecular weight excluding hydrogens is 323 g/mol. The van der Waals surface area contributed by atoms with Crippen molar-refractivity contribution in [2.24, 2.45) is 5.92 Å². The highest BCUT2D eigenvalue weighted by molar-refractivity contribution is 5.85. The van der Waals surface area contributed by atoms with Gasteiger partial charge in [-0.25, -0.2) is 14.3 Å². The number of piperidine rings is 1. The van der Waals surface area contributed by atoms with Gasteiger partial charge in [-0.3, -0.25) is 0 Å². The van der Waals surface area contributed by atoms with Crippen molar-refractivity contribution >= 4 is 18.1 Å². The molecule has 23 heavy (non-hydrogen) atoms. The van der Waals surface area contributed by atoms with Crippen LogP contribution >= 0.6 is 12.4 Å². The first-order valence-corrected chi connectivity index (χ1v) is 7.46. The lowest BCUT2D eigenvalue weighted by atomic mass is 9.91. The molecule has 126 valence electrons. The van der Waals surface area contributed by atoms with Gasteiger partial charge in [-0.15, -0.1) is 17.5 Å². The number of H-pyrrole nitrogens is 1. The maximum atomic E-state index is 14.0. The number of nitrogens with one attached hydrogen (secondary N) is 3. The number of aromatic amines is 1. The second kappa shape index (κ2) is 7.61. The van der Waals surface area contributed by atoms with Crippen LogP contribution in [0.2, 0.25) is 0 Å². The molecule has 8 heteroatoms. The fourth-order valence-corrected chi connectivity index (χ4v) is 2.83. The number of aromatic nitrogens is 2. The lowest BCUT2D eigenvalue weighted by molar-refractivity contribution is 0.342. The van der Waals surface area contributed by atoms with Crippen molar-refractivity contribution in [3.05, 3.63) is 34.6 Å². The summed E-state index contributed by atoms with van der Waals surface area (Å²) >= 11 is 0. The lowest BCUT2D eigenvalue weighted by Gasteiger charge is -2.29. The molecule has 0 spiro atoms. The summed E-state index contributed by atoms with van der Waals surface area (Å²) in [4.78, 5) is 11.0. The maximum absolute atomic E-state index is 14.0. The van der Waals surface area contributed by atoms with Gasteiger partial charge in [-0.1, -0.05) is 0 Å². The summed E-state index contributed by atoms with van der Waals surface area (Å²) in [5, 5.41) is 12.5. The summed E-state index contributed by atoms with van der Waals surface area (Å²) in [6.07, 6.45) is 2.15. The third-order valence-corrected chi connectivity index (χ3v) is 4.13. The Morgan fingerprint density at radius 3 is 2.78 bits per heavy atom. The van der Waals surface area contributed by atoms with Gasteiger partial charge in [0, 0.05) is 11.6 Å². The van der Waals surface area contributed by atoms with Crippen LogP contribution in [0.25, 0.3) is 11.5 Å². The molecule has 1 saturated heterocycles. The number of nitrogens with zero attached hydrogens (tertiary/aromatic N) is 1. The van der Waals surface area contributed by atoms with Gasteiger partial charge in [0.15, 0.2) is 0 Å². The van der Waals surface area contributed by atoms with E-state index in [1.54, 1.807) is 6.07 Å². The zero-order valence-electron chi connectivity index (χ0n) is 12.8. The minimum absolute atomic E-state index is 0. The molecule has 2 heterocycles. The van der Waals surface area contributed by atoms with Crippen molar-refractivity contribution in [1.82, 2.24) is 15.5 Å².